The van der Waals surface area contributed by atoms with Gasteiger partial charge in [-0.3, -0.25) is 4.79 Å². The zero-order chi connectivity index (χ0) is 12.8. The summed E-state index contributed by atoms with van der Waals surface area (Å²) in [6.07, 6.45) is 0. The molecule has 0 radical (unpaired) electrons. The first-order valence-electron chi connectivity index (χ1n) is 6.04. The summed E-state index contributed by atoms with van der Waals surface area (Å²) in [6.45, 7) is 2.69. The lowest BCUT2D eigenvalue weighted by Gasteiger charge is -2.26. The van der Waals surface area contributed by atoms with Crippen molar-refractivity contribution in [3.05, 3.63) is 34.9 Å². The first kappa shape index (κ1) is 13.7. The van der Waals surface area contributed by atoms with Gasteiger partial charge in [-0.15, -0.1) is 0 Å². The largest absolute Gasteiger partial charge is 0.351 e. The fraction of sp³-hybridized carbons (Fsp3) is 0.462. The molecule has 1 fully saturated rings. The number of hydrogen-bond acceptors (Lipinski definition) is 3. The Morgan fingerprint density at radius 1 is 1.44 bits per heavy atom. The zero-order valence-corrected chi connectivity index (χ0v) is 11.7. The van der Waals surface area contributed by atoms with Crippen LogP contribution in [0.5, 0.6) is 0 Å². The van der Waals surface area contributed by atoms with Gasteiger partial charge in [-0.05, 0) is 36.4 Å². The first-order chi connectivity index (χ1) is 8.75. The number of amides is 1. The first-order valence-corrected chi connectivity index (χ1v) is 7.57. The molecule has 3 nitrogen and oxygen atoms in total. The van der Waals surface area contributed by atoms with Gasteiger partial charge in [0.15, 0.2) is 0 Å². The van der Waals surface area contributed by atoms with Gasteiger partial charge in [0, 0.05) is 11.6 Å². The average Bonchev–Trinajstić information content (AvgIpc) is 2.31. The minimum absolute atomic E-state index is 0.0761. The third kappa shape index (κ3) is 4.19. The maximum absolute atomic E-state index is 11.6. The summed E-state index contributed by atoms with van der Waals surface area (Å²) < 4.78 is 0. The number of hydrogen-bond donors (Lipinski definition) is 2. The summed E-state index contributed by atoms with van der Waals surface area (Å²) in [7, 11) is 0. The van der Waals surface area contributed by atoms with Crippen LogP contribution in [0.4, 0.5) is 0 Å². The van der Waals surface area contributed by atoms with Gasteiger partial charge in [-0.2, -0.15) is 11.8 Å². The molecule has 1 aliphatic rings. The van der Waals surface area contributed by atoms with Crippen LogP contribution in [-0.4, -0.2) is 30.5 Å². The quantitative estimate of drug-likeness (QED) is 0.838. The van der Waals surface area contributed by atoms with E-state index in [2.05, 4.69) is 10.6 Å². The maximum atomic E-state index is 11.6. The van der Waals surface area contributed by atoms with Gasteiger partial charge >= 0.3 is 0 Å². The van der Waals surface area contributed by atoms with Crippen molar-refractivity contribution in [2.45, 2.75) is 6.54 Å². The summed E-state index contributed by atoms with van der Waals surface area (Å²) in [6, 6.07) is 7.57. The van der Waals surface area contributed by atoms with Gasteiger partial charge in [0.05, 0.1) is 5.75 Å². The van der Waals surface area contributed by atoms with Crippen LogP contribution in [0.1, 0.15) is 5.56 Å². The Kier molecular flexibility index (Phi) is 5.35. The maximum Gasteiger partial charge on any atom is 0.230 e. The molecule has 2 N–H and O–H groups in total. The molecule has 0 aromatic heterocycles. The fourth-order valence-corrected chi connectivity index (χ4v) is 2.85. The van der Waals surface area contributed by atoms with Gasteiger partial charge < -0.3 is 10.6 Å². The lowest BCUT2D eigenvalue weighted by atomic mass is 10.1. The smallest absolute Gasteiger partial charge is 0.230 e. The molecule has 1 amide bonds. The molecule has 0 saturated carbocycles. The molecule has 0 aliphatic carbocycles. The Morgan fingerprint density at radius 3 is 2.89 bits per heavy atom. The van der Waals surface area contributed by atoms with E-state index in [0.717, 1.165) is 30.3 Å². The highest BCUT2D eigenvalue weighted by atomic mass is 35.5. The molecule has 18 heavy (non-hydrogen) atoms. The Bertz CT molecular complexity index is 410. The number of nitrogens with one attached hydrogen (secondary N) is 2. The van der Waals surface area contributed by atoms with E-state index in [1.54, 1.807) is 11.8 Å². The Labute approximate surface area is 117 Å². The molecule has 1 heterocycles. The molecule has 5 heteroatoms. The van der Waals surface area contributed by atoms with Crippen LogP contribution in [-0.2, 0) is 11.3 Å². The molecule has 1 aliphatic heterocycles. The zero-order valence-electron chi connectivity index (χ0n) is 10.1. The lowest BCUT2D eigenvalue weighted by Crippen LogP contribution is -2.43. The highest BCUT2D eigenvalue weighted by Gasteiger charge is 2.16. The number of rotatable bonds is 6. The predicted octanol–water partition coefficient (Wildman–Crippen LogP) is 1.91. The molecular formula is C13H17ClN2OS. The summed E-state index contributed by atoms with van der Waals surface area (Å²) in [5.41, 5.74) is 0.959. The summed E-state index contributed by atoms with van der Waals surface area (Å²) in [4.78, 5) is 11.6. The van der Waals surface area contributed by atoms with Gasteiger partial charge in [-0.25, -0.2) is 0 Å². The fourth-order valence-electron chi connectivity index (χ4n) is 1.67. The molecule has 0 unspecified atom stereocenters. The second kappa shape index (κ2) is 7.02. The van der Waals surface area contributed by atoms with E-state index in [4.69, 9.17) is 11.6 Å². The molecule has 98 valence electrons. The van der Waals surface area contributed by atoms with Crippen molar-refractivity contribution in [3.8, 4) is 0 Å². The minimum Gasteiger partial charge on any atom is -0.351 e. The lowest BCUT2D eigenvalue weighted by molar-refractivity contribution is -0.118. The molecule has 1 aromatic carbocycles. The normalized spacial score (nSPS) is 15.2. The van der Waals surface area contributed by atoms with Gasteiger partial charge in [-0.1, -0.05) is 29.8 Å². The highest BCUT2D eigenvalue weighted by molar-refractivity contribution is 7.99. The third-order valence-electron chi connectivity index (χ3n) is 2.89. The van der Waals surface area contributed by atoms with Crippen LogP contribution in [0.3, 0.4) is 0 Å². The van der Waals surface area contributed by atoms with Crippen LogP contribution < -0.4 is 10.6 Å². The van der Waals surface area contributed by atoms with Crippen molar-refractivity contribution < 1.29 is 4.79 Å². The average molecular weight is 285 g/mol. The Hall–Kier alpha value is -0.710. The van der Waals surface area contributed by atoms with Crippen molar-refractivity contribution in [1.29, 1.82) is 0 Å². The van der Waals surface area contributed by atoms with E-state index < -0.39 is 0 Å². The second-order valence-corrected chi connectivity index (χ2v) is 5.84. The minimum atomic E-state index is 0.0761. The monoisotopic (exact) mass is 284 g/mol. The van der Waals surface area contributed by atoms with E-state index in [0.29, 0.717) is 17.3 Å². The van der Waals surface area contributed by atoms with Crippen molar-refractivity contribution in [3.63, 3.8) is 0 Å². The number of benzene rings is 1. The van der Waals surface area contributed by atoms with Crippen LogP contribution >= 0.6 is 23.4 Å². The number of carbonyl (C=O) groups excluding carboxylic acids is 1. The standard InChI is InChI=1S/C13H17ClN2OS/c14-12-4-2-1-3-11(12)7-16-13(17)9-18-8-10-5-15-6-10/h1-4,10,15H,5-9H2,(H,16,17). The molecule has 1 aromatic rings. The van der Waals surface area contributed by atoms with E-state index in [1.807, 2.05) is 24.3 Å². The molecule has 0 spiro atoms. The topological polar surface area (TPSA) is 41.1 Å². The Balaban J connectivity index is 1.63. The van der Waals surface area contributed by atoms with Crippen molar-refractivity contribution in [2.75, 3.05) is 24.6 Å². The molecule has 0 bridgehead atoms. The number of carbonyl (C=O) groups is 1. The second-order valence-electron chi connectivity index (χ2n) is 4.41. The molecular weight excluding hydrogens is 268 g/mol. The predicted molar refractivity (Wildman–Crippen MR) is 77.0 cm³/mol. The summed E-state index contributed by atoms with van der Waals surface area (Å²) in [5.74, 6) is 2.41. The molecule has 0 atom stereocenters. The number of halogens is 1. The van der Waals surface area contributed by atoms with Gasteiger partial charge in [0.2, 0.25) is 5.91 Å². The van der Waals surface area contributed by atoms with E-state index in [1.165, 1.54) is 0 Å². The number of thioether (sulfide) groups is 1. The van der Waals surface area contributed by atoms with Crippen LogP contribution in [0, 0.1) is 5.92 Å². The summed E-state index contributed by atoms with van der Waals surface area (Å²) in [5, 5.41) is 6.81. The van der Waals surface area contributed by atoms with Crippen molar-refractivity contribution in [1.82, 2.24) is 10.6 Å². The van der Waals surface area contributed by atoms with E-state index in [9.17, 15) is 4.79 Å². The van der Waals surface area contributed by atoms with E-state index in [-0.39, 0.29) is 5.91 Å². The van der Waals surface area contributed by atoms with Crippen LogP contribution in [0.25, 0.3) is 0 Å². The van der Waals surface area contributed by atoms with Gasteiger partial charge in [0.1, 0.15) is 0 Å². The summed E-state index contributed by atoms with van der Waals surface area (Å²) >= 11 is 7.72. The van der Waals surface area contributed by atoms with Gasteiger partial charge in [0.25, 0.3) is 0 Å². The Morgan fingerprint density at radius 2 is 2.22 bits per heavy atom. The van der Waals surface area contributed by atoms with Crippen molar-refractivity contribution >= 4 is 29.3 Å². The van der Waals surface area contributed by atoms with Crippen molar-refractivity contribution in [2.24, 2.45) is 5.92 Å². The van der Waals surface area contributed by atoms with Crippen LogP contribution in [0.15, 0.2) is 24.3 Å². The highest BCUT2D eigenvalue weighted by Crippen LogP contribution is 2.15. The van der Waals surface area contributed by atoms with E-state index >= 15 is 0 Å². The third-order valence-corrected chi connectivity index (χ3v) is 4.43. The molecule has 1 saturated heterocycles. The van der Waals surface area contributed by atoms with Crippen LogP contribution in [0.2, 0.25) is 5.02 Å². The SMILES string of the molecule is O=C(CSCC1CNC1)NCc1ccccc1Cl. The molecule has 2 rings (SSSR count).